The van der Waals surface area contributed by atoms with Gasteiger partial charge in [-0.1, -0.05) is 47.5 Å². The van der Waals surface area contributed by atoms with Gasteiger partial charge in [0.1, 0.15) is 12.4 Å². The molecule has 0 fully saturated rings. The molecule has 31 heavy (non-hydrogen) atoms. The number of nitrogens with one attached hydrogen (secondary N) is 1. The Morgan fingerprint density at radius 1 is 1.00 bits per heavy atom. The molecule has 0 radical (unpaired) electrons. The first-order chi connectivity index (χ1) is 14.6. The molecule has 9 heteroatoms. The molecule has 0 saturated carbocycles. The van der Waals surface area contributed by atoms with Gasteiger partial charge < -0.3 is 15.2 Å². The first-order valence-corrected chi connectivity index (χ1v) is 9.74. The average molecular weight is 470 g/mol. The van der Waals surface area contributed by atoms with E-state index in [-0.39, 0.29) is 13.0 Å². The number of hydrogen-bond donors (Lipinski definition) is 2. The molecule has 3 aromatic rings. The van der Waals surface area contributed by atoms with Crippen LogP contribution in [0.4, 0.5) is 24.5 Å². The molecule has 3 aromatic carbocycles. The number of rotatable bonds is 7. The summed E-state index contributed by atoms with van der Waals surface area (Å²) in [4.78, 5) is 11.2. The van der Waals surface area contributed by atoms with E-state index in [0.717, 1.165) is 12.1 Å². The second-order valence-electron chi connectivity index (χ2n) is 6.59. The third-order valence-corrected chi connectivity index (χ3v) is 4.96. The van der Waals surface area contributed by atoms with E-state index in [0.29, 0.717) is 38.3 Å². The molecule has 162 valence electrons. The topological polar surface area (TPSA) is 58.6 Å². The Morgan fingerprint density at radius 3 is 2.23 bits per heavy atom. The van der Waals surface area contributed by atoms with Crippen LogP contribution in [-0.4, -0.2) is 11.1 Å². The lowest BCUT2D eigenvalue weighted by Crippen LogP contribution is -2.06. The molecule has 0 saturated heterocycles. The Labute approximate surface area is 186 Å². The maximum atomic E-state index is 12.7. The number of alkyl halides is 3. The van der Waals surface area contributed by atoms with Crippen LogP contribution in [0.25, 0.3) is 0 Å². The molecule has 0 amide bonds. The van der Waals surface area contributed by atoms with E-state index < -0.39 is 17.7 Å². The zero-order valence-corrected chi connectivity index (χ0v) is 17.4. The molecule has 4 nitrogen and oxygen atoms in total. The second-order valence-corrected chi connectivity index (χ2v) is 7.41. The Bertz CT molecular complexity index is 1070. The molecular formula is C22H16Cl2F3NO3. The highest BCUT2D eigenvalue weighted by atomic mass is 35.5. The highest BCUT2D eigenvalue weighted by molar-refractivity contribution is 6.39. The van der Waals surface area contributed by atoms with E-state index in [4.69, 9.17) is 27.9 Å². The summed E-state index contributed by atoms with van der Waals surface area (Å²) in [5, 5.41) is 12.9. The monoisotopic (exact) mass is 469 g/mol. The zero-order chi connectivity index (χ0) is 22.6. The van der Waals surface area contributed by atoms with Crippen LogP contribution >= 0.6 is 23.2 Å². The van der Waals surface area contributed by atoms with Gasteiger partial charge >= 0.3 is 12.1 Å². The van der Waals surface area contributed by atoms with E-state index in [9.17, 15) is 23.1 Å². The first kappa shape index (κ1) is 22.8. The molecule has 0 heterocycles. The minimum atomic E-state index is -4.40. The number of anilines is 2. The number of halogens is 5. The van der Waals surface area contributed by atoms with Crippen molar-refractivity contribution >= 4 is 40.5 Å². The van der Waals surface area contributed by atoms with Crippen molar-refractivity contribution in [1.82, 2.24) is 0 Å². The number of carboxylic acid groups (broad SMARTS) is 1. The van der Waals surface area contributed by atoms with Gasteiger partial charge in [0.2, 0.25) is 0 Å². The average Bonchev–Trinajstić information content (AvgIpc) is 2.70. The maximum absolute atomic E-state index is 12.7. The molecule has 0 unspecified atom stereocenters. The fraction of sp³-hybridized carbons (Fsp3) is 0.136. The molecular weight excluding hydrogens is 454 g/mol. The summed E-state index contributed by atoms with van der Waals surface area (Å²) >= 11 is 12.4. The SMILES string of the molecule is O=C(O)Cc1ccc(OCc2ccc(C(F)(F)F)cc2)cc1Nc1c(Cl)cccc1Cl. The molecule has 0 aliphatic carbocycles. The van der Waals surface area contributed by atoms with Gasteiger partial charge in [0.25, 0.3) is 0 Å². The largest absolute Gasteiger partial charge is 0.489 e. The van der Waals surface area contributed by atoms with Gasteiger partial charge in [-0.2, -0.15) is 13.2 Å². The number of para-hydroxylation sites is 1. The smallest absolute Gasteiger partial charge is 0.416 e. The fourth-order valence-corrected chi connectivity index (χ4v) is 3.28. The third-order valence-electron chi connectivity index (χ3n) is 4.33. The molecule has 2 N–H and O–H groups in total. The molecule has 0 aromatic heterocycles. The Hall–Kier alpha value is -2.90. The highest BCUT2D eigenvalue weighted by Gasteiger charge is 2.29. The first-order valence-electron chi connectivity index (χ1n) is 8.98. The van der Waals surface area contributed by atoms with Crippen molar-refractivity contribution in [3.63, 3.8) is 0 Å². The Morgan fingerprint density at radius 2 is 1.65 bits per heavy atom. The Balaban J connectivity index is 1.81. The molecule has 3 rings (SSSR count). The normalized spacial score (nSPS) is 11.3. The van der Waals surface area contributed by atoms with E-state index in [2.05, 4.69) is 5.32 Å². The van der Waals surface area contributed by atoms with Gasteiger partial charge in [0.15, 0.2) is 0 Å². The zero-order valence-electron chi connectivity index (χ0n) is 15.8. The summed E-state index contributed by atoms with van der Waals surface area (Å²) in [6.45, 7) is 0.0305. The van der Waals surface area contributed by atoms with Crippen molar-refractivity contribution < 1.29 is 27.8 Å². The van der Waals surface area contributed by atoms with Crippen molar-refractivity contribution in [3.05, 3.63) is 87.4 Å². The number of aliphatic carboxylic acids is 1. The van der Waals surface area contributed by atoms with Crippen LogP contribution < -0.4 is 10.1 Å². The van der Waals surface area contributed by atoms with E-state index in [1.165, 1.54) is 12.1 Å². The van der Waals surface area contributed by atoms with E-state index in [1.54, 1.807) is 36.4 Å². The van der Waals surface area contributed by atoms with Crippen molar-refractivity contribution in [2.75, 3.05) is 5.32 Å². The van der Waals surface area contributed by atoms with Crippen molar-refractivity contribution in [2.24, 2.45) is 0 Å². The summed E-state index contributed by atoms with van der Waals surface area (Å²) in [5.74, 6) is -0.633. The lowest BCUT2D eigenvalue weighted by molar-refractivity contribution is -0.138. The molecule has 0 atom stereocenters. The van der Waals surface area contributed by atoms with Crippen LogP contribution in [-0.2, 0) is 24.0 Å². The summed E-state index contributed by atoms with van der Waals surface area (Å²) in [7, 11) is 0. The van der Waals surface area contributed by atoms with Crippen LogP contribution in [0.15, 0.2) is 60.7 Å². The minimum absolute atomic E-state index is 0.0305. The van der Waals surface area contributed by atoms with Crippen molar-refractivity contribution in [2.45, 2.75) is 19.2 Å². The van der Waals surface area contributed by atoms with Crippen molar-refractivity contribution in [3.8, 4) is 5.75 Å². The van der Waals surface area contributed by atoms with Crippen LogP contribution in [0.1, 0.15) is 16.7 Å². The Kier molecular flexibility index (Phi) is 6.97. The fourth-order valence-electron chi connectivity index (χ4n) is 2.79. The van der Waals surface area contributed by atoms with Gasteiger partial charge in [-0.15, -0.1) is 0 Å². The van der Waals surface area contributed by atoms with Crippen molar-refractivity contribution in [1.29, 1.82) is 0 Å². The van der Waals surface area contributed by atoms with E-state index >= 15 is 0 Å². The maximum Gasteiger partial charge on any atom is 0.416 e. The van der Waals surface area contributed by atoms with Gasteiger partial charge in [0.05, 0.1) is 27.7 Å². The van der Waals surface area contributed by atoms with Gasteiger partial charge in [-0.3, -0.25) is 4.79 Å². The molecule has 0 bridgehead atoms. The molecule has 0 aliphatic heterocycles. The van der Waals surface area contributed by atoms with Gasteiger partial charge in [-0.25, -0.2) is 0 Å². The number of ether oxygens (including phenoxy) is 1. The summed E-state index contributed by atoms with van der Waals surface area (Å²) in [6.07, 6.45) is -4.65. The molecule has 0 spiro atoms. The van der Waals surface area contributed by atoms with Gasteiger partial charge in [0, 0.05) is 11.8 Å². The standard InChI is InChI=1S/C22H16Cl2F3NO3/c23-17-2-1-3-18(24)21(17)28-19-11-16(9-6-14(19)10-20(29)30)31-12-13-4-7-15(8-5-13)22(25,26)27/h1-9,11,28H,10,12H2,(H,29,30). The van der Waals surface area contributed by atoms with Crippen LogP contribution in [0.5, 0.6) is 5.75 Å². The predicted octanol–water partition coefficient (Wildman–Crippen LogP) is 6.96. The third kappa shape index (κ3) is 6.06. The van der Waals surface area contributed by atoms with Crippen LogP contribution in [0.2, 0.25) is 10.0 Å². The minimum Gasteiger partial charge on any atom is -0.489 e. The van der Waals surface area contributed by atoms with Gasteiger partial charge in [-0.05, 0) is 41.5 Å². The number of benzene rings is 3. The van der Waals surface area contributed by atoms with Crippen LogP contribution in [0.3, 0.4) is 0 Å². The lowest BCUT2D eigenvalue weighted by Gasteiger charge is -2.16. The number of carboxylic acids is 1. The summed E-state index contributed by atoms with van der Waals surface area (Å²) in [5.41, 5.74) is 1.13. The highest BCUT2D eigenvalue weighted by Crippen LogP contribution is 2.35. The summed E-state index contributed by atoms with van der Waals surface area (Å²) in [6, 6.07) is 14.4. The summed E-state index contributed by atoms with van der Waals surface area (Å²) < 4.78 is 43.7. The predicted molar refractivity (Wildman–Crippen MR) is 113 cm³/mol. The molecule has 0 aliphatic rings. The number of carbonyl (C=O) groups is 1. The lowest BCUT2D eigenvalue weighted by atomic mass is 10.1. The number of hydrogen-bond acceptors (Lipinski definition) is 3. The van der Waals surface area contributed by atoms with Crippen LogP contribution in [0, 0.1) is 0 Å². The quantitative estimate of drug-likeness (QED) is 0.392. The van der Waals surface area contributed by atoms with E-state index in [1.807, 2.05) is 0 Å². The second kappa shape index (κ2) is 9.49.